The van der Waals surface area contributed by atoms with E-state index in [-0.39, 0.29) is 5.69 Å². The van der Waals surface area contributed by atoms with E-state index in [1.807, 2.05) is 24.3 Å². The molecule has 0 aliphatic rings. The molecular formula is C13H8BrN3O2. The molecule has 0 spiro atoms. The summed E-state index contributed by atoms with van der Waals surface area (Å²) in [4.78, 5) is 18.2. The molecule has 94 valence electrons. The van der Waals surface area contributed by atoms with Gasteiger partial charge in [0, 0.05) is 10.5 Å². The van der Waals surface area contributed by atoms with Crippen molar-refractivity contribution in [1.82, 2.24) is 9.97 Å². The third-order valence-electron chi connectivity index (χ3n) is 2.80. The van der Waals surface area contributed by atoms with E-state index in [9.17, 15) is 10.1 Å². The number of aromatic amines is 1. The Balaban J connectivity index is 2.23. The Kier molecular flexibility index (Phi) is 2.79. The van der Waals surface area contributed by atoms with E-state index in [4.69, 9.17) is 0 Å². The van der Waals surface area contributed by atoms with Crippen molar-refractivity contribution in [2.75, 3.05) is 0 Å². The highest BCUT2D eigenvalue weighted by Gasteiger charge is 2.18. The highest BCUT2D eigenvalue weighted by atomic mass is 79.9. The van der Waals surface area contributed by atoms with Gasteiger partial charge in [-0.05, 0) is 24.3 Å². The third kappa shape index (κ3) is 2.10. The molecular weight excluding hydrogens is 310 g/mol. The molecule has 1 heterocycles. The Labute approximate surface area is 116 Å². The summed E-state index contributed by atoms with van der Waals surface area (Å²) in [7, 11) is 0. The molecule has 0 atom stereocenters. The molecule has 1 aromatic heterocycles. The largest absolute Gasteiger partial charge is 0.338 e. The molecule has 3 rings (SSSR count). The average Bonchev–Trinajstić information content (AvgIpc) is 2.82. The molecule has 2 aromatic carbocycles. The second-order valence-electron chi connectivity index (χ2n) is 4.02. The number of nitrogens with one attached hydrogen (secondary N) is 1. The number of imidazole rings is 1. The van der Waals surface area contributed by atoms with Crippen molar-refractivity contribution in [2.45, 2.75) is 0 Å². The molecule has 0 radical (unpaired) electrons. The van der Waals surface area contributed by atoms with Crippen LogP contribution in [-0.2, 0) is 0 Å². The number of aromatic nitrogens is 2. The van der Waals surface area contributed by atoms with Gasteiger partial charge in [-0.25, -0.2) is 4.98 Å². The normalized spacial score (nSPS) is 10.8. The van der Waals surface area contributed by atoms with Crippen molar-refractivity contribution < 1.29 is 4.92 Å². The van der Waals surface area contributed by atoms with Crippen molar-refractivity contribution in [3.05, 3.63) is 57.1 Å². The number of hydrogen-bond donors (Lipinski definition) is 1. The van der Waals surface area contributed by atoms with Crippen LogP contribution in [0, 0.1) is 10.1 Å². The fourth-order valence-corrected chi connectivity index (χ4v) is 2.29. The van der Waals surface area contributed by atoms with E-state index in [1.54, 1.807) is 12.1 Å². The van der Waals surface area contributed by atoms with Crippen LogP contribution in [0.2, 0.25) is 0 Å². The highest BCUT2D eigenvalue weighted by Crippen LogP contribution is 2.31. The standard InChI is InChI=1S/C13H8BrN3O2/c14-8-5-6-9(12(7-8)17(18)19)13-15-10-3-1-2-4-11(10)16-13/h1-7H,(H,15,16). The second kappa shape index (κ2) is 4.47. The zero-order valence-corrected chi connectivity index (χ0v) is 11.2. The lowest BCUT2D eigenvalue weighted by Gasteiger charge is -2.00. The molecule has 19 heavy (non-hydrogen) atoms. The number of fused-ring (bicyclic) bond motifs is 1. The molecule has 0 unspecified atom stereocenters. The van der Waals surface area contributed by atoms with Gasteiger partial charge in [-0.1, -0.05) is 28.1 Å². The molecule has 1 N–H and O–H groups in total. The molecule has 0 bridgehead atoms. The molecule has 0 saturated heterocycles. The van der Waals surface area contributed by atoms with E-state index in [1.165, 1.54) is 6.07 Å². The summed E-state index contributed by atoms with van der Waals surface area (Å²) in [5.74, 6) is 0.500. The number of nitro groups is 1. The van der Waals surface area contributed by atoms with E-state index in [0.717, 1.165) is 11.0 Å². The summed E-state index contributed by atoms with van der Waals surface area (Å²) in [5, 5.41) is 11.1. The zero-order valence-electron chi connectivity index (χ0n) is 9.63. The number of nitro benzene ring substituents is 1. The topological polar surface area (TPSA) is 71.8 Å². The van der Waals surface area contributed by atoms with E-state index < -0.39 is 4.92 Å². The predicted octanol–water partition coefficient (Wildman–Crippen LogP) is 3.90. The fourth-order valence-electron chi connectivity index (χ4n) is 1.94. The molecule has 5 nitrogen and oxygen atoms in total. The minimum absolute atomic E-state index is 0.0217. The maximum absolute atomic E-state index is 11.1. The Hall–Kier alpha value is -2.21. The first-order valence-corrected chi connectivity index (χ1v) is 6.33. The van der Waals surface area contributed by atoms with Crippen molar-refractivity contribution >= 4 is 32.7 Å². The summed E-state index contributed by atoms with van der Waals surface area (Å²) in [6.45, 7) is 0. The molecule has 0 aliphatic heterocycles. The maximum atomic E-state index is 11.1. The molecule has 0 aliphatic carbocycles. The number of para-hydroxylation sites is 2. The van der Waals surface area contributed by atoms with E-state index >= 15 is 0 Å². The molecule has 0 fully saturated rings. The predicted molar refractivity (Wildman–Crippen MR) is 75.9 cm³/mol. The lowest BCUT2D eigenvalue weighted by Crippen LogP contribution is -1.93. The van der Waals surface area contributed by atoms with Gasteiger partial charge in [0.1, 0.15) is 5.82 Å². The van der Waals surface area contributed by atoms with Crippen LogP contribution >= 0.6 is 15.9 Å². The molecule has 0 saturated carbocycles. The van der Waals surface area contributed by atoms with Gasteiger partial charge in [-0.3, -0.25) is 10.1 Å². The Morgan fingerprint density at radius 2 is 2.00 bits per heavy atom. The van der Waals surface area contributed by atoms with Crippen molar-refractivity contribution in [3.8, 4) is 11.4 Å². The molecule has 6 heteroatoms. The SMILES string of the molecule is O=[N+]([O-])c1cc(Br)ccc1-c1nc2ccccc2[nH]1. The third-order valence-corrected chi connectivity index (χ3v) is 3.29. The van der Waals surface area contributed by atoms with Crippen molar-refractivity contribution in [2.24, 2.45) is 0 Å². The lowest BCUT2D eigenvalue weighted by atomic mass is 10.2. The van der Waals surface area contributed by atoms with Gasteiger partial charge >= 0.3 is 0 Å². The number of benzene rings is 2. The number of halogens is 1. The van der Waals surface area contributed by atoms with Gasteiger partial charge in [-0.2, -0.15) is 0 Å². The second-order valence-corrected chi connectivity index (χ2v) is 4.94. The Bertz CT molecular complexity index is 749. The van der Waals surface area contributed by atoms with Crippen LogP contribution < -0.4 is 0 Å². The van der Waals surface area contributed by atoms with Crippen LogP contribution in [0.25, 0.3) is 22.4 Å². The van der Waals surface area contributed by atoms with Gasteiger partial charge in [0.15, 0.2) is 0 Å². The summed E-state index contributed by atoms with van der Waals surface area (Å²) in [5.41, 5.74) is 2.14. The monoisotopic (exact) mass is 317 g/mol. The van der Waals surface area contributed by atoms with Crippen LogP contribution in [-0.4, -0.2) is 14.9 Å². The van der Waals surface area contributed by atoms with Crippen LogP contribution in [0.3, 0.4) is 0 Å². The van der Waals surface area contributed by atoms with Crippen molar-refractivity contribution in [3.63, 3.8) is 0 Å². The Morgan fingerprint density at radius 3 is 2.74 bits per heavy atom. The van der Waals surface area contributed by atoms with Crippen LogP contribution in [0.4, 0.5) is 5.69 Å². The van der Waals surface area contributed by atoms with Gasteiger partial charge in [0.25, 0.3) is 5.69 Å². The number of rotatable bonds is 2. The summed E-state index contributed by atoms with van der Waals surface area (Å²) in [6, 6.07) is 12.4. The first-order chi connectivity index (χ1) is 9.15. The molecule has 3 aromatic rings. The number of hydrogen-bond acceptors (Lipinski definition) is 3. The fraction of sp³-hybridized carbons (Fsp3) is 0. The quantitative estimate of drug-likeness (QED) is 0.575. The van der Waals surface area contributed by atoms with Gasteiger partial charge in [0.05, 0.1) is 21.5 Å². The summed E-state index contributed by atoms with van der Waals surface area (Å²) < 4.78 is 0.666. The zero-order chi connectivity index (χ0) is 13.4. The highest BCUT2D eigenvalue weighted by molar-refractivity contribution is 9.10. The lowest BCUT2D eigenvalue weighted by molar-refractivity contribution is -0.384. The summed E-state index contributed by atoms with van der Waals surface area (Å²) >= 11 is 3.24. The minimum Gasteiger partial charge on any atom is -0.338 e. The van der Waals surface area contributed by atoms with Gasteiger partial charge in [0.2, 0.25) is 0 Å². The number of nitrogens with zero attached hydrogens (tertiary/aromatic N) is 2. The Morgan fingerprint density at radius 1 is 1.21 bits per heavy atom. The van der Waals surface area contributed by atoms with E-state index in [2.05, 4.69) is 25.9 Å². The van der Waals surface area contributed by atoms with Gasteiger partial charge in [-0.15, -0.1) is 0 Å². The smallest absolute Gasteiger partial charge is 0.281 e. The van der Waals surface area contributed by atoms with Crippen LogP contribution in [0.5, 0.6) is 0 Å². The average molecular weight is 318 g/mol. The summed E-state index contributed by atoms with van der Waals surface area (Å²) in [6.07, 6.45) is 0. The van der Waals surface area contributed by atoms with Crippen LogP contribution in [0.1, 0.15) is 0 Å². The first-order valence-electron chi connectivity index (χ1n) is 5.54. The number of H-pyrrole nitrogens is 1. The van der Waals surface area contributed by atoms with Crippen LogP contribution in [0.15, 0.2) is 46.9 Å². The molecule has 0 amide bonds. The van der Waals surface area contributed by atoms with E-state index in [0.29, 0.717) is 15.9 Å². The van der Waals surface area contributed by atoms with Gasteiger partial charge < -0.3 is 4.98 Å². The first kappa shape index (κ1) is 11.9. The maximum Gasteiger partial charge on any atom is 0.281 e. The van der Waals surface area contributed by atoms with Crippen molar-refractivity contribution in [1.29, 1.82) is 0 Å². The minimum atomic E-state index is -0.409.